The van der Waals surface area contributed by atoms with Gasteiger partial charge in [0.15, 0.2) is 0 Å². The zero-order valence-corrected chi connectivity index (χ0v) is 17.8. The predicted molar refractivity (Wildman–Crippen MR) is 117 cm³/mol. The highest BCUT2D eigenvalue weighted by Crippen LogP contribution is 2.44. The predicted octanol–water partition coefficient (Wildman–Crippen LogP) is 3.67. The Bertz CT molecular complexity index is 913. The van der Waals surface area contributed by atoms with Crippen molar-refractivity contribution in [1.29, 1.82) is 0 Å². The molecule has 2 aromatic rings. The minimum Gasteiger partial charge on any atom is -0.480 e. The van der Waals surface area contributed by atoms with E-state index >= 15 is 0 Å². The van der Waals surface area contributed by atoms with Crippen LogP contribution in [0.15, 0.2) is 48.5 Å². The third kappa shape index (κ3) is 5.23. The number of aliphatic carboxylic acids is 1. The average molecular weight is 424 g/mol. The van der Waals surface area contributed by atoms with Crippen LogP contribution >= 0.6 is 0 Å². The molecule has 7 heteroatoms. The summed E-state index contributed by atoms with van der Waals surface area (Å²) >= 11 is 0. The Morgan fingerprint density at radius 3 is 2.03 bits per heavy atom. The number of carboxylic acid groups (broad SMARTS) is 1. The summed E-state index contributed by atoms with van der Waals surface area (Å²) in [6.07, 6.45) is 0.204. The van der Waals surface area contributed by atoms with Crippen LogP contribution in [0, 0.1) is 0 Å². The van der Waals surface area contributed by atoms with E-state index in [1.807, 2.05) is 43.3 Å². The maximum atomic E-state index is 12.4. The van der Waals surface area contributed by atoms with E-state index in [-0.39, 0.29) is 25.4 Å². The number of amides is 2. The standard InChI is InChI=1S/C24H28N2O5/c1-3-15(13-22(27)26-21(4-2)23(28)29)25-24(30)31-14-20-18-11-7-5-9-16(18)17-10-6-8-12-19(17)20/h5-12,15,20-21H,3-4,13-14H2,1-2H3,(H,25,30)(H,26,27)(H,28,29)/t15-,21-/m0/s1. The quantitative estimate of drug-likeness (QED) is 0.570. The third-order valence-corrected chi connectivity index (χ3v) is 5.63. The van der Waals surface area contributed by atoms with Crippen molar-refractivity contribution in [2.45, 2.75) is 51.1 Å². The van der Waals surface area contributed by atoms with Gasteiger partial charge in [-0.15, -0.1) is 0 Å². The van der Waals surface area contributed by atoms with Crippen molar-refractivity contribution in [3.05, 3.63) is 59.7 Å². The molecule has 7 nitrogen and oxygen atoms in total. The lowest BCUT2D eigenvalue weighted by Crippen LogP contribution is -2.44. The maximum Gasteiger partial charge on any atom is 0.407 e. The third-order valence-electron chi connectivity index (χ3n) is 5.63. The van der Waals surface area contributed by atoms with Gasteiger partial charge in [0.1, 0.15) is 12.6 Å². The lowest BCUT2D eigenvalue weighted by Gasteiger charge is -2.19. The van der Waals surface area contributed by atoms with Gasteiger partial charge in [0.05, 0.1) is 0 Å². The number of hydrogen-bond acceptors (Lipinski definition) is 4. The molecule has 0 saturated carbocycles. The van der Waals surface area contributed by atoms with Crippen LogP contribution in [0.2, 0.25) is 0 Å². The summed E-state index contributed by atoms with van der Waals surface area (Å²) in [7, 11) is 0. The first-order valence-electron chi connectivity index (χ1n) is 10.6. The number of benzene rings is 2. The normalized spacial score (nSPS) is 14.1. The first kappa shape index (κ1) is 22.3. The van der Waals surface area contributed by atoms with Gasteiger partial charge in [-0.25, -0.2) is 9.59 Å². The number of ether oxygens (including phenoxy) is 1. The first-order chi connectivity index (χ1) is 14.9. The maximum absolute atomic E-state index is 12.4. The number of alkyl carbamates (subject to hydrolysis) is 1. The highest BCUT2D eigenvalue weighted by molar-refractivity contribution is 5.84. The Labute approximate surface area is 181 Å². The zero-order valence-electron chi connectivity index (χ0n) is 17.8. The molecule has 164 valence electrons. The van der Waals surface area contributed by atoms with E-state index in [9.17, 15) is 14.4 Å². The summed E-state index contributed by atoms with van der Waals surface area (Å²) in [4.78, 5) is 35.6. The van der Waals surface area contributed by atoms with Crippen molar-refractivity contribution in [2.75, 3.05) is 6.61 Å². The van der Waals surface area contributed by atoms with Crippen molar-refractivity contribution < 1.29 is 24.2 Å². The Kier molecular flexibility index (Phi) is 7.28. The van der Waals surface area contributed by atoms with Crippen molar-refractivity contribution in [3.8, 4) is 11.1 Å². The van der Waals surface area contributed by atoms with Gasteiger partial charge in [0.25, 0.3) is 0 Å². The highest BCUT2D eigenvalue weighted by Gasteiger charge is 2.29. The van der Waals surface area contributed by atoms with E-state index in [2.05, 4.69) is 22.8 Å². The molecule has 0 spiro atoms. The van der Waals surface area contributed by atoms with Gasteiger partial charge in [-0.3, -0.25) is 4.79 Å². The second-order valence-corrected chi connectivity index (χ2v) is 7.65. The van der Waals surface area contributed by atoms with E-state index < -0.39 is 30.1 Å². The molecule has 3 rings (SSSR count). The Morgan fingerprint density at radius 2 is 1.52 bits per heavy atom. The molecule has 2 aromatic carbocycles. The second-order valence-electron chi connectivity index (χ2n) is 7.65. The summed E-state index contributed by atoms with van der Waals surface area (Å²) < 4.78 is 5.52. The van der Waals surface area contributed by atoms with Crippen molar-refractivity contribution in [2.24, 2.45) is 0 Å². The van der Waals surface area contributed by atoms with E-state index in [1.165, 1.54) is 0 Å². The molecule has 0 unspecified atom stereocenters. The minimum absolute atomic E-state index is 0.00945. The fourth-order valence-corrected chi connectivity index (χ4v) is 3.92. The van der Waals surface area contributed by atoms with E-state index in [0.717, 1.165) is 22.3 Å². The SMILES string of the molecule is CC[C@@H](CC(=O)N[C@@H](CC)C(=O)O)NC(=O)OCC1c2ccccc2-c2ccccc21. The lowest BCUT2D eigenvalue weighted by atomic mass is 9.98. The second kappa shape index (κ2) is 10.1. The van der Waals surface area contributed by atoms with Crippen molar-refractivity contribution in [1.82, 2.24) is 10.6 Å². The van der Waals surface area contributed by atoms with Crippen molar-refractivity contribution in [3.63, 3.8) is 0 Å². The van der Waals surface area contributed by atoms with Gasteiger partial charge in [-0.05, 0) is 35.1 Å². The summed E-state index contributed by atoms with van der Waals surface area (Å²) in [6, 6.07) is 14.8. The summed E-state index contributed by atoms with van der Waals surface area (Å²) in [6.45, 7) is 3.72. The molecule has 2 atom stereocenters. The Hall–Kier alpha value is -3.35. The topological polar surface area (TPSA) is 105 Å². The Balaban J connectivity index is 1.57. The summed E-state index contributed by atoms with van der Waals surface area (Å²) in [5, 5.41) is 14.3. The number of carbonyl (C=O) groups excluding carboxylic acids is 2. The smallest absolute Gasteiger partial charge is 0.407 e. The molecular weight excluding hydrogens is 396 g/mol. The molecule has 0 heterocycles. The highest BCUT2D eigenvalue weighted by atomic mass is 16.5. The molecule has 1 aliphatic rings. The molecule has 0 saturated heterocycles. The van der Waals surface area contributed by atoms with Gasteiger partial charge in [-0.2, -0.15) is 0 Å². The van der Waals surface area contributed by atoms with E-state index in [4.69, 9.17) is 9.84 Å². The van der Waals surface area contributed by atoms with Gasteiger partial charge in [-0.1, -0.05) is 62.4 Å². The number of nitrogens with one attached hydrogen (secondary N) is 2. The zero-order chi connectivity index (χ0) is 22.4. The van der Waals surface area contributed by atoms with Gasteiger partial charge in [0, 0.05) is 18.4 Å². The number of hydrogen-bond donors (Lipinski definition) is 3. The molecule has 2 amide bonds. The van der Waals surface area contributed by atoms with Gasteiger partial charge < -0.3 is 20.5 Å². The molecular formula is C24H28N2O5. The largest absolute Gasteiger partial charge is 0.480 e. The molecule has 0 aromatic heterocycles. The van der Waals surface area contributed by atoms with Crippen LogP contribution in [-0.4, -0.2) is 41.8 Å². The molecule has 31 heavy (non-hydrogen) atoms. The minimum atomic E-state index is -1.08. The summed E-state index contributed by atoms with van der Waals surface area (Å²) in [5.74, 6) is -1.53. The van der Waals surface area contributed by atoms with Gasteiger partial charge >= 0.3 is 12.1 Å². The van der Waals surface area contributed by atoms with Gasteiger partial charge in [0.2, 0.25) is 5.91 Å². The number of fused-ring (bicyclic) bond motifs is 3. The Morgan fingerprint density at radius 1 is 0.935 bits per heavy atom. The van der Waals surface area contributed by atoms with Crippen LogP contribution in [0.3, 0.4) is 0 Å². The summed E-state index contributed by atoms with van der Waals surface area (Å²) in [5.41, 5.74) is 4.56. The monoisotopic (exact) mass is 424 g/mol. The molecule has 3 N–H and O–H groups in total. The lowest BCUT2D eigenvalue weighted by molar-refractivity contribution is -0.142. The molecule has 0 radical (unpaired) electrons. The molecule has 1 aliphatic carbocycles. The van der Waals surface area contributed by atoms with Crippen LogP contribution < -0.4 is 10.6 Å². The molecule has 0 aliphatic heterocycles. The van der Waals surface area contributed by atoms with E-state index in [0.29, 0.717) is 6.42 Å². The first-order valence-corrected chi connectivity index (χ1v) is 10.6. The number of carboxylic acids is 1. The average Bonchev–Trinajstić information content (AvgIpc) is 3.09. The van der Waals surface area contributed by atoms with Crippen LogP contribution in [0.1, 0.15) is 50.2 Å². The fourth-order valence-electron chi connectivity index (χ4n) is 3.92. The molecule has 0 bridgehead atoms. The van der Waals surface area contributed by atoms with Crippen LogP contribution in [0.4, 0.5) is 4.79 Å². The van der Waals surface area contributed by atoms with Crippen LogP contribution in [0.5, 0.6) is 0 Å². The van der Waals surface area contributed by atoms with Crippen LogP contribution in [-0.2, 0) is 14.3 Å². The molecule has 0 fully saturated rings. The fraction of sp³-hybridized carbons (Fsp3) is 0.375. The van der Waals surface area contributed by atoms with E-state index in [1.54, 1.807) is 6.92 Å². The number of carbonyl (C=O) groups is 3. The van der Waals surface area contributed by atoms with Crippen molar-refractivity contribution >= 4 is 18.0 Å². The van der Waals surface area contributed by atoms with Crippen LogP contribution in [0.25, 0.3) is 11.1 Å². The number of rotatable bonds is 9.